The van der Waals surface area contributed by atoms with Gasteiger partial charge in [-0.3, -0.25) is 14.9 Å². The van der Waals surface area contributed by atoms with Crippen molar-refractivity contribution in [2.75, 3.05) is 11.5 Å². The maximum atomic E-state index is 12.1. The molecule has 2 rings (SSSR count). The van der Waals surface area contributed by atoms with E-state index in [2.05, 4.69) is 5.32 Å². The Bertz CT molecular complexity index is 658. The molecule has 2 aliphatic rings. The van der Waals surface area contributed by atoms with Crippen LogP contribution in [0, 0.1) is 11.8 Å². The van der Waals surface area contributed by atoms with Gasteiger partial charge in [-0.2, -0.15) is 0 Å². The molecule has 1 heterocycles. The number of hydrogen-bond acceptors (Lipinski definition) is 7. The first kappa shape index (κ1) is 20.0. The van der Waals surface area contributed by atoms with Crippen molar-refractivity contribution in [1.29, 1.82) is 0 Å². The minimum Gasteiger partial charge on any atom is -0.748 e. The minimum absolute atomic E-state index is 0. The summed E-state index contributed by atoms with van der Waals surface area (Å²) < 4.78 is 55.7. The Kier molecular flexibility index (Phi) is 6.62. The largest absolute Gasteiger partial charge is 1.00 e. The van der Waals surface area contributed by atoms with E-state index >= 15 is 0 Å². The maximum Gasteiger partial charge on any atom is 1.00 e. The van der Waals surface area contributed by atoms with Crippen molar-refractivity contribution in [3.8, 4) is 0 Å². The number of carbonyl (C=O) groups excluding carboxylic acids is 2. The fourth-order valence-electron chi connectivity index (χ4n) is 2.97. The van der Waals surface area contributed by atoms with Crippen LogP contribution in [0.2, 0.25) is 0 Å². The van der Waals surface area contributed by atoms with Gasteiger partial charge in [0.2, 0.25) is 11.8 Å². The number of fused-ring (bicyclic) bond motifs is 1. The van der Waals surface area contributed by atoms with Crippen LogP contribution in [0.3, 0.4) is 0 Å². The van der Waals surface area contributed by atoms with E-state index in [1.165, 1.54) is 0 Å². The minimum atomic E-state index is -4.43. The van der Waals surface area contributed by atoms with Crippen molar-refractivity contribution in [2.45, 2.75) is 30.9 Å². The SMILES string of the molecule is O=C1NC(=O)C2CC(S(=O)(=O)CCCS(=O)(=O)[O-])CCC12.[Na+]. The fourth-order valence-corrected chi connectivity index (χ4v) is 5.53. The molecule has 22 heavy (non-hydrogen) atoms. The van der Waals surface area contributed by atoms with Crippen LogP contribution in [0.5, 0.6) is 0 Å². The molecule has 3 unspecified atom stereocenters. The second kappa shape index (κ2) is 7.27. The van der Waals surface area contributed by atoms with E-state index in [0.717, 1.165) is 0 Å². The van der Waals surface area contributed by atoms with Crippen LogP contribution in [-0.4, -0.2) is 50.0 Å². The Balaban J connectivity index is 0.00000242. The maximum absolute atomic E-state index is 12.1. The molecule has 0 aromatic carbocycles. The average molecular weight is 361 g/mol. The third-order valence-electron chi connectivity index (χ3n) is 4.05. The Hall–Kier alpha value is -0.000000000000000222. The van der Waals surface area contributed by atoms with Gasteiger partial charge in [-0.25, -0.2) is 16.8 Å². The molecule has 2 fully saturated rings. The molecule has 1 N–H and O–H groups in total. The summed E-state index contributed by atoms with van der Waals surface area (Å²) in [6.45, 7) is 0. The number of imide groups is 1. The zero-order chi connectivity index (χ0) is 15.8. The number of carbonyl (C=O) groups is 2. The summed E-state index contributed by atoms with van der Waals surface area (Å²) in [6.07, 6.45) is 0.429. The molecule has 8 nitrogen and oxygen atoms in total. The van der Waals surface area contributed by atoms with E-state index in [1.807, 2.05) is 0 Å². The van der Waals surface area contributed by atoms with Gasteiger partial charge in [0.15, 0.2) is 9.84 Å². The molecular weight excluding hydrogens is 345 g/mol. The molecule has 1 saturated heterocycles. The molecule has 1 saturated carbocycles. The molecule has 0 aromatic heterocycles. The first-order valence-corrected chi connectivity index (χ1v) is 9.89. The third-order valence-corrected chi connectivity index (χ3v) is 7.14. The molecule has 1 aliphatic heterocycles. The van der Waals surface area contributed by atoms with Crippen molar-refractivity contribution in [3.05, 3.63) is 0 Å². The van der Waals surface area contributed by atoms with E-state index in [-0.39, 0.29) is 54.7 Å². The van der Waals surface area contributed by atoms with Crippen molar-refractivity contribution in [2.24, 2.45) is 11.8 Å². The summed E-state index contributed by atoms with van der Waals surface area (Å²) in [5.41, 5.74) is 0. The van der Waals surface area contributed by atoms with Crippen LogP contribution in [0.25, 0.3) is 0 Å². The number of sulfone groups is 1. The summed E-state index contributed by atoms with van der Waals surface area (Å²) in [7, 11) is -8.01. The molecule has 0 radical (unpaired) electrons. The zero-order valence-corrected chi connectivity index (χ0v) is 15.8. The summed E-state index contributed by atoms with van der Waals surface area (Å²) in [5.74, 6) is -2.97. The van der Waals surface area contributed by atoms with E-state index in [1.54, 1.807) is 0 Å². The quantitative estimate of drug-likeness (QED) is 0.298. The first-order chi connectivity index (χ1) is 9.60. The van der Waals surface area contributed by atoms with E-state index in [9.17, 15) is 31.0 Å². The Labute approximate surface area is 151 Å². The van der Waals surface area contributed by atoms with Crippen molar-refractivity contribution in [3.63, 3.8) is 0 Å². The van der Waals surface area contributed by atoms with Crippen molar-refractivity contribution < 1.29 is 60.5 Å². The van der Waals surface area contributed by atoms with Gasteiger partial charge in [0.05, 0.1) is 33.0 Å². The van der Waals surface area contributed by atoms with E-state index in [4.69, 9.17) is 0 Å². The predicted octanol–water partition coefficient (Wildman–Crippen LogP) is -4.22. The van der Waals surface area contributed by atoms with Gasteiger partial charge >= 0.3 is 29.6 Å². The van der Waals surface area contributed by atoms with Crippen LogP contribution >= 0.6 is 0 Å². The molecule has 2 amide bonds. The number of rotatable bonds is 5. The molecule has 0 spiro atoms. The molecule has 0 bridgehead atoms. The molecule has 1 aliphatic carbocycles. The Morgan fingerprint density at radius 3 is 2.18 bits per heavy atom. The van der Waals surface area contributed by atoms with Gasteiger partial charge in [-0.15, -0.1) is 0 Å². The van der Waals surface area contributed by atoms with Crippen LogP contribution in [-0.2, 0) is 29.5 Å². The van der Waals surface area contributed by atoms with E-state index in [0.29, 0.717) is 6.42 Å². The van der Waals surface area contributed by atoms with Crippen LogP contribution < -0.4 is 34.9 Å². The average Bonchev–Trinajstić information content (AvgIpc) is 2.63. The summed E-state index contributed by atoms with van der Waals surface area (Å²) in [5, 5.41) is 1.44. The third kappa shape index (κ3) is 4.75. The van der Waals surface area contributed by atoms with Gasteiger partial charge in [-0.05, 0) is 25.7 Å². The molecular formula is C11H16NNaO7S2. The molecule has 120 valence electrons. The Morgan fingerprint density at radius 1 is 1.00 bits per heavy atom. The van der Waals surface area contributed by atoms with Gasteiger partial charge in [0.1, 0.15) is 0 Å². The van der Waals surface area contributed by atoms with E-state index < -0.39 is 54.5 Å². The van der Waals surface area contributed by atoms with Crippen molar-refractivity contribution >= 4 is 31.8 Å². The number of nitrogens with one attached hydrogen (secondary N) is 1. The smallest absolute Gasteiger partial charge is 0.748 e. The van der Waals surface area contributed by atoms with Gasteiger partial charge in [0.25, 0.3) is 0 Å². The first-order valence-electron chi connectivity index (χ1n) is 6.60. The summed E-state index contributed by atoms with van der Waals surface area (Å²) >= 11 is 0. The van der Waals surface area contributed by atoms with Crippen LogP contribution in [0.15, 0.2) is 0 Å². The van der Waals surface area contributed by atoms with Gasteiger partial charge in [-0.1, -0.05) is 0 Å². The second-order valence-corrected chi connectivity index (χ2v) is 9.41. The number of hydrogen-bond donors (Lipinski definition) is 1. The predicted molar refractivity (Wildman–Crippen MR) is 70.7 cm³/mol. The fraction of sp³-hybridized carbons (Fsp3) is 0.818. The monoisotopic (exact) mass is 361 g/mol. The standard InChI is InChI=1S/C11H17NO7S2.Na/c13-10-8-3-2-7(6-9(8)11(14)12-10)20(15,16)4-1-5-21(17,18)19;/h7-9H,1-6H2,(H,12,13,14)(H,17,18,19);/q;+1/p-1. The zero-order valence-electron chi connectivity index (χ0n) is 12.1. The normalized spacial score (nSPS) is 28.7. The van der Waals surface area contributed by atoms with Crippen LogP contribution in [0.4, 0.5) is 0 Å². The van der Waals surface area contributed by atoms with Crippen molar-refractivity contribution in [1.82, 2.24) is 5.32 Å². The number of amides is 2. The summed E-state index contributed by atoms with van der Waals surface area (Å²) in [4.78, 5) is 23.1. The molecule has 3 atom stereocenters. The second-order valence-electron chi connectivity index (χ2n) is 5.48. The molecule has 11 heteroatoms. The topological polar surface area (TPSA) is 138 Å². The summed E-state index contributed by atoms with van der Waals surface area (Å²) in [6, 6.07) is 0. The molecule has 0 aromatic rings. The Morgan fingerprint density at radius 2 is 1.59 bits per heavy atom. The van der Waals surface area contributed by atoms with Crippen LogP contribution in [0.1, 0.15) is 25.7 Å². The van der Waals surface area contributed by atoms with Gasteiger partial charge < -0.3 is 4.55 Å². The van der Waals surface area contributed by atoms with Gasteiger partial charge in [0, 0.05) is 5.75 Å².